The molecule has 3 nitrogen and oxygen atoms in total. The van der Waals surface area contributed by atoms with Crippen LogP contribution in [0.5, 0.6) is 5.75 Å². The maximum absolute atomic E-state index is 6.26. The predicted molar refractivity (Wildman–Crippen MR) is 98.2 cm³/mol. The molecule has 0 radical (unpaired) electrons. The molecule has 1 aromatic carbocycles. The Balaban J connectivity index is 0.00000529. The Morgan fingerprint density at radius 3 is 2.21 bits per heavy atom. The van der Waals surface area contributed by atoms with Crippen LogP contribution in [0.3, 0.4) is 0 Å². The zero-order valence-electron chi connectivity index (χ0n) is 16.4. The molecule has 0 heterocycles. The quantitative estimate of drug-likeness (QED) is 0.507. The third kappa shape index (κ3) is 7.59. The summed E-state index contributed by atoms with van der Waals surface area (Å²) in [5, 5.41) is 0.200. The smallest absolute Gasteiger partial charge is 0.501 e. The van der Waals surface area contributed by atoms with E-state index >= 15 is 0 Å². The normalized spacial score (nSPS) is 13.1. The summed E-state index contributed by atoms with van der Waals surface area (Å²) < 4.78 is 17.4. The van der Waals surface area contributed by atoms with Gasteiger partial charge in [0.1, 0.15) is 5.75 Å². The van der Waals surface area contributed by atoms with Crippen molar-refractivity contribution in [3.63, 3.8) is 0 Å². The van der Waals surface area contributed by atoms with E-state index in [-0.39, 0.29) is 30.0 Å². The van der Waals surface area contributed by atoms with E-state index in [0.29, 0.717) is 19.6 Å². The van der Waals surface area contributed by atoms with Crippen LogP contribution in [0, 0.1) is 6.08 Å². The van der Waals surface area contributed by atoms with Crippen LogP contribution in [0.4, 0.5) is 0 Å². The van der Waals surface area contributed by atoms with E-state index in [1.54, 1.807) is 7.11 Å². The van der Waals surface area contributed by atoms with E-state index in [1.807, 2.05) is 24.3 Å². The fraction of sp³-hybridized carbons (Fsp3) is 0.579. The monoisotopic (exact) mass is 342 g/mol. The van der Waals surface area contributed by atoms with E-state index < -0.39 is 8.32 Å². The van der Waals surface area contributed by atoms with Crippen molar-refractivity contribution < 1.29 is 32.8 Å². The summed E-state index contributed by atoms with van der Waals surface area (Å²) in [4.78, 5) is 0. The van der Waals surface area contributed by atoms with Gasteiger partial charge in [-0.3, -0.25) is 6.58 Å². The number of hydrogen-bond acceptors (Lipinski definition) is 3. The average Bonchev–Trinajstić information content (AvgIpc) is 2.49. The van der Waals surface area contributed by atoms with Crippen LogP contribution >= 0.6 is 0 Å². The van der Waals surface area contributed by atoms with Crippen molar-refractivity contribution in [2.75, 3.05) is 13.7 Å². The van der Waals surface area contributed by atoms with Gasteiger partial charge >= 0.3 is 18.9 Å². The van der Waals surface area contributed by atoms with Crippen LogP contribution in [-0.2, 0) is 15.8 Å². The maximum atomic E-state index is 6.26. The Kier molecular flexibility index (Phi) is 10.3. The number of ether oxygens (including phenoxy) is 2. The zero-order chi connectivity index (χ0) is 17.5. The molecule has 1 rings (SSSR count). The van der Waals surface area contributed by atoms with Gasteiger partial charge in [0.05, 0.1) is 26.4 Å². The third-order valence-corrected chi connectivity index (χ3v) is 8.95. The van der Waals surface area contributed by atoms with Gasteiger partial charge < -0.3 is 20.0 Å². The summed E-state index contributed by atoms with van der Waals surface area (Å²) in [5.41, 5.74) is 1.12. The van der Waals surface area contributed by atoms with Gasteiger partial charge in [-0.1, -0.05) is 32.9 Å². The fourth-order valence-electron chi connectivity index (χ4n) is 1.78. The van der Waals surface area contributed by atoms with Gasteiger partial charge in [-0.15, -0.1) is 0 Å². The summed E-state index contributed by atoms with van der Waals surface area (Å²) >= 11 is 0. The molecule has 0 saturated carbocycles. The molecule has 1 atom stereocenters. The van der Waals surface area contributed by atoms with Crippen molar-refractivity contribution in [3.05, 3.63) is 42.5 Å². The van der Waals surface area contributed by atoms with Gasteiger partial charge in [-0.2, -0.15) is 6.42 Å². The first-order valence-electron chi connectivity index (χ1n) is 8.08. The second-order valence-electron chi connectivity index (χ2n) is 7.31. The fourth-order valence-corrected chi connectivity index (χ4v) is 2.82. The van der Waals surface area contributed by atoms with Crippen LogP contribution < -0.4 is 23.6 Å². The van der Waals surface area contributed by atoms with E-state index in [2.05, 4.69) is 46.5 Å². The molecule has 5 heteroatoms. The van der Waals surface area contributed by atoms with Crippen LogP contribution in [0.25, 0.3) is 0 Å². The molecular formula is C19H31LiO3Si. The zero-order valence-corrected chi connectivity index (χ0v) is 17.4. The molecule has 0 amide bonds. The topological polar surface area (TPSA) is 27.7 Å². The molecule has 0 N–H and O–H groups in total. The predicted octanol–water partition coefficient (Wildman–Crippen LogP) is 1.99. The number of hydrogen-bond donors (Lipinski definition) is 0. The molecule has 0 aromatic heterocycles. The summed E-state index contributed by atoms with van der Waals surface area (Å²) in [7, 11) is -0.0958. The summed E-state index contributed by atoms with van der Waals surface area (Å²) in [6.45, 7) is 16.1. The second-order valence-corrected chi connectivity index (χ2v) is 12.1. The molecule has 24 heavy (non-hydrogen) atoms. The molecule has 0 aliphatic carbocycles. The summed E-state index contributed by atoms with van der Waals surface area (Å²) in [6.07, 6.45) is 3.60. The largest absolute Gasteiger partial charge is 1.00 e. The Morgan fingerprint density at radius 1 is 1.17 bits per heavy atom. The third-order valence-electron chi connectivity index (χ3n) is 4.45. The van der Waals surface area contributed by atoms with Crippen molar-refractivity contribution in [2.24, 2.45) is 0 Å². The minimum absolute atomic E-state index is 0. The molecule has 0 saturated heterocycles. The number of methoxy groups -OCH3 is 1. The Morgan fingerprint density at radius 2 is 1.75 bits per heavy atom. The number of rotatable bonds is 9. The summed E-state index contributed by atoms with van der Waals surface area (Å²) in [6, 6.07) is 7.92. The van der Waals surface area contributed by atoms with E-state index in [1.165, 1.54) is 0 Å². The first-order valence-corrected chi connectivity index (χ1v) is 11.0. The molecule has 0 spiro atoms. The minimum Gasteiger partial charge on any atom is -0.501 e. The second kappa shape index (κ2) is 10.5. The number of benzene rings is 1. The van der Waals surface area contributed by atoms with Gasteiger partial charge in [-0.25, -0.2) is 0 Å². The standard InChI is InChI=1S/C19H31O3Si.Li/c1-8-9-18(15-22-23(6,7)19(2,3)4)21-14-16-10-12-17(20-5)13-11-16;/h10-13,18H,1,9,14-15H2,2-7H3;/q-1;+1/t18-;/m0./s1. The van der Waals surface area contributed by atoms with Crippen LogP contribution in [0.2, 0.25) is 18.1 Å². The molecule has 0 unspecified atom stereocenters. The van der Waals surface area contributed by atoms with Gasteiger partial charge in [0, 0.05) is 0 Å². The first kappa shape index (κ1) is 23.5. The molecule has 1 aromatic rings. The van der Waals surface area contributed by atoms with Crippen LogP contribution in [0.15, 0.2) is 30.8 Å². The molecule has 130 valence electrons. The van der Waals surface area contributed by atoms with Gasteiger partial charge in [0.15, 0.2) is 8.32 Å². The Bertz CT molecular complexity index is 480. The van der Waals surface area contributed by atoms with Crippen molar-refractivity contribution in [1.82, 2.24) is 0 Å². The van der Waals surface area contributed by atoms with Gasteiger partial charge in [-0.05, 0) is 35.8 Å². The van der Waals surface area contributed by atoms with E-state index in [0.717, 1.165) is 11.3 Å². The average molecular weight is 342 g/mol. The van der Waals surface area contributed by atoms with E-state index in [9.17, 15) is 0 Å². The van der Waals surface area contributed by atoms with Gasteiger partial charge in [0.25, 0.3) is 0 Å². The molecule has 0 aliphatic heterocycles. The SMILES string of the molecule is C=[C-]C[C@@H](CO[Si](C)(C)C(C)(C)C)OCc1ccc(OC)cc1.[Li+]. The van der Waals surface area contributed by atoms with Crippen molar-refractivity contribution >= 4 is 8.32 Å². The van der Waals surface area contributed by atoms with Gasteiger partial charge in [0.2, 0.25) is 0 Å². The van der Waals surface area contributed by atoms with Crippen LogP contribution in [-0.4, -0.2) is 28.1 Å². The Hall–Kier alpha value is -0.506. The summed E-state index contributed by atoms with van der Waals surface area (Å²) in [5.74, 6) is 0.853. The van der Waals surface area contributed by atoms with Crippen molar-refractivity contribution in [2.45, 2.75) is 58.0 Å². The minimum atomic E-state index is -1.76. The first-order chi connectivity index (χ1) is 10.7. The van der Waals surface area contributed by atoms with Crippen molar-refractivity contribution in [1.29, 1.82) is 0 Å². The van der Waals surface area contributed by atoms with E-state index in [4.69, 9.17) is 13.9 Å². The molecule has 0 aliphatic rings. The molecular weight excluding hydrogens is 311 g/mol. The molecule has 0 bridgehead atoms. The Labute approximate surface area is 161 Å². The van der Waals surface area contributed by atoms with Crippen LogP contribution in [0.1, 0.15) is 32.8 Å². The molecule has 0 fully saturated rings. The van der Waals surface area contributed by atoms with Crippen molar-refractivity contribution in [3.8, 4) is 5.75 Å². The maximum Gasteiger partial charge on any atom is 1.00 e.